The second kappa shape index (κ2) is 12.2. The fourth-order valence-electron chi connectivity index (χ4n) is 8.13. The van der Waals surface area contributed by atoms with Gasteiger partial charge < -0.3 is 4.42 Å². The van der Waals surface area contributed by atoms with Crippen LogP contribution >= 0.6 is 0 Å². The standard InChI is InChI=1S/C51H32N2O/c1-2-11-33(12-3-1)34-21-23-35(24-22-34)51-52-47-18-7-8-19-48(47)53(51)41-14-10-13-36(31-41)37-25-26-39-30-40(28-27-38(39)29-37)45-32-46-43-16-6-9-20-49(43)54-50(46)44-17-5-4-15-42(44)45/h1-32H. The molecule has 9 aromatic carbocycles. The molecule has 0 aliphatic carbocycles. The van der Waals surface area contributed by atoms with Crippen LogP contribution in [0.3, 0.4) is 0 Å². The molecule has 0 aliphatic rings. The molecule has 0 saturated carbocycles. The Labute approximate surface area is 312 Å². The van der Waals surface area contributed by atoms with Crippen molar-refractivity contribution in [2.75, 3.05) is 0 Å². The number of para-hydroxylation sites is 3. The SMILES string of the molecule is c1ccc(-c2ccc(-c3nc4ccccc4n3-c3cccc(-c4ccc5cc(-c6cc7c8ccccc8oc7c7ccccc67)ccc5c4)c3)cc2)cc1. The molecule has 252 valence electrons. The van der Waals surface area contributed by atoms with Crippen molar-refractivity contribution in [1.29, 1.82) is 0 Å². The number of imidazole rings is 1. The van der Waals surface area contributed by atoms with Crippen LogP contribution in [0.5, 0.6) is 0 Å². The van der Waals surface area contributed by atoms with Gasteiger partial charge in [0.15, 0.2) is 0 Å². The smallest absolute Gasteiger partial charge is 0.145 e. The van der Waals surface area contributed by atoms with Crippen molar-refractivity contribution in [2.45, 2.75) is 0 Å². The summed E-state index contributed by atoms with van der Waals surface area (Å²) in [6.07, 6.45) is 0. The molecule has 11 rings (SSSR count). The van der Waals surface area contributed by atoms with Gasteiger partial charge in [0.2, 0.25) is 0 Å². The van der Waals surface area contributed by atoms with E-state index in [-0.39, 0.29) is 0 Å². The Morgan fingerprint density at radius 2 is 1.00 bits per heavy atom. The van der Waals surface area contributed by atoms with Gasteiger partial charge in [0, 0.05) is 27.4 Å². The van der Waals surface area contributed by atoms with E-state index in [9.17, 15) is 0 Å². The molecule has 0 saturated heterocycles. The molecular formula is C51H32N2O. The van der Waals surface area contributed by atoms with Crippen molar-refractivity contribution in [3.63, 3.8) is 0 Å². The van der Waals surface area contributed by atoms with Crippen molar-refractivity contribution in [1.82, 2.24) is 9.55 Å². The zero-order valence-corrected chi connectivity index (χ0v) is 29.3. The third-order valence-electron chi connectivity index (χ3n) is 10.8. The van der Waals surface area contributed by atoms with Gasteiger partial charge in [-0.05, 0) is 98.1 Å². The summed E-state index contributed by atoms with van der Waals surface area (Å²) in [5, 5.41) is 7.02. The molecule has 0 bridgehead atoms. The van der Waals surface area contributed by atoms with Crippen molar-refractivity contribution < 1.29 is 4.42 Å². The van der Waals surface area contributed by atoms with E-state index >= 15 is 0 Å². The third kappa shape index (κ3) is 4.94. The molecule has 3 nitrogen and oxygen atoms in total. The van der Waals surface area contributed by atoms with Gasteiger partial charge >= 0.3 is 0 Å². The second-order valence-electron chi connectivity index (χ2n) is 14.0. The number of hydrogen-bond donors (Lipinski definition) is 0. The second-order valence-corrected chi connectivity index (χ2v) is 14.0. The number of rotatable bonds is 5. The summed E-state index contributed by atoms with van der Waals surface area (Å²) in [7, 11) is 0. The topological polar surface area (TPSA) is 31.0 Å². The first-order valence-corrected chi connectivity index (χ1v) is 18.4. The lowest BCUT2D eigenvalue weighted by Gasteiger charge is -2.13. The van der Waals surface area contributed by atoms with E-state index in [1.165, 1.54) is 44.0 Å². The first kappa shape index (κ1) is 30.4. The van der Waals surface area contributed by atoms with Crippen LogP contribution in [0, 0.1) is 0 Å². The van der Waals surface area contributed by atoms with E-state index in [4.69, 9.17) is 9.40 Å². The van der Waals surface area contributed by atoms with Gasteiger partial charge in [0.25, 0.3) is 0 Å². The zero-order valence-electron chi connectivity index (χ0n) is 29.3. The quantitative estimate of drug-likeness (QED) is 0.180. The summed E-state index contributed by atoms with van der Waals surface area (Å²) in [5.74, 6) is 0.924. The lowest BCUT2D eigenvalue weighted by molar-refractivity contribution is 0.672. The predicted octanol–water partition coefficient (Wildman–Crippen LogP) is 13.9. The molecule has 0 aliphatic heterocycles. The van der Waals surface area contributed by atoms with Gasteiger partial charge in [-0.15, -0.1) is 0 Å². The van der Waals surface area contributed by atoms with Crippen LogP contribution in [-0.2, 0) is 0 Å². The Kier molecular flexibility index (Phi) is 6.86. The van der Waals surface area contributed by atoms with E-state index in [2.05, 4.69) is 187 Å². The fraction of sp³-hybridized carbons (Fsp3) is 0. The minimum Gasteiger partial charge on any atom is -0.455 e. The number of hydrogen-bond acceptors (Lipinski definition) is 2. The van der Waals surface area contributed by atoms with E-state index in [0.29, 0.717) is 0 Å². The maximum atomic E-state index is 6.38. The van der Waals surface area contributed by atoms with E-state index in [1.807, 2.05) is 12.1 Å². The minimum atomic E-state index is 0.917. The Morgan fingerprint density at radius 3 is 1.85 bits per heavy atom. The number of aromatic nitrogens is 2. The van der Waals surface area contributed by atoms with Crippen molar-refractivity contribution in [3.8, 4) is 50.5 Å². The summed E-state index contributed by atoms with van der Waals surface area (Å²) in [4.78, 5) is 5.14. The normalized spacial score (nSPS) is 11.7. The Bertz CT molecular complexity index is 3210. The first-order valence-electron chi connectivity index (χ1n) is 18.4. The lowest BCUT2D eigenvalue weighted by Crippen LogP contribution is -1.98. The van der Waals surface area contributed by atoms with Gasteiger partial charge in [0.05, 0.1) is 11.0 Å². The van der Waals surface area contributed by atoms with Gasteiger partial charge in [-0.2, -0.15) is 0 Å². The summed E-state index contributed by atoms with van der Waals surface area (Å²) >= 11 is 0. The first-order chi connectivity index (χ1) is 26.7. The molecule has 0 unspecified atom stereocenters. The Balaban J connectivity index is 0.984. The maximum absolute atomic E-state index is 6.38. The number of furan rings is 1. The van der Waals surface area contributed by atoms with Crippen molar-refractivity contribution >= 4 is 54.5 Å². The largest absolute Gasteiger partial charge is 0.455 e. The monoisotopic (exact) mass is 688 g/mol. The predicted molar refractivity (Wildman–Crippen MR) is 225 cm³/mol. The van der Waals surface area contributed by atoms with Crippen molar-refractivity contribution in [3.05, 3.63) is 194 Å². The average molecular weight is 689 g/mol. The molecule has 0 atom stereocenters. The van der Waals surface area contributed by atoms with E-state index in [0.717, 1.165) is 61.0 Å². The van der Waals surface area contributed by atoms with E-state index < -0.39 is 0 Å². The van der Waals surface area contributed by atoms with E-state index in [1.54, 1.807) is 0 Å². The molecule has 0 N–H and O–H groups in total. The van der Waals surface area contributed by atoms with Gasteiger partial charge in [-0.1, -0.05) is 146 Å². The van der Waals surface area contributed by atoms with Crippen LogP contribution in [0.25, 0.3) is 105 Å². The maximum Gasteiger partial charge on any atom is 0.145 e. The molecule has 0 radical (unpaired) electrons. The highest BCUT2D eigenvalue weighted by Gasteiger charge is 2.17. The Hall–Kier alpha value is -7.23. The molecule has 0 spiro atoms. The average Bonchev–Trinajstić information content (AvgIpc) is 3.83. The number of benzene rings is 9. The summed E-state index contributed by atoms with van der Waals surface area (Å²) in [6.45, 7) is 0. The highest BCUT2D eigenvalue weighted by Crippen LogP contribution is 2.41. The van der Waals surface area contributed by atoms with Crippen LogP contribution in [0.2, 0.25) is 0 Å². The molecule has 3 heteroatoms. The molecule has 11 aromatic rings. The van der Waals surface area contributed by atoms with Crippen LogP contribution in [0.15, 0.2) is 199 Å². The van der Waals surface area contributed by atoms with Crippen LogP contribution < -0.4 is 0 Å². The highest BCUT2D eigenvalue weighted by molar-refractivity contribution is 6.19. The number of nitrogens with zero attached hydrogens (tertiary/aromatic N) is 2. The summed E-state index contributed by atoms with van der Waals surface area (Å²) in [6, 6.07) is 69.2. The molecule has 54 heavy (non-hydrogen) atoms. The van der Waals surface area contributed by atoms with Crippen molar-refractivity contribution in [2.24, 2.45) is 0 Å². The minimum absolute atomic E-state index is 0.917. The summed E-state index contributed by atoms with van der Waals surface area (Å²) < 4.78 is 8.66. The van der Waals surface area contributed by atoms with Crippen LogP contribution in [-0.4, -0.2) is 9.55 Å². The van der Waals surface area contributed by atoms with Crippen LogP contribution in [0.4, 0.5) is 0 Å². The summed E-state index contributed by atoms with van der Waals surface area (Å²) in [5.41, 5.74) is 13.2. The van der Waals surface area contributed by atoms with Gasteiger partial charge in [-0.25, -0.2) is 4.98 Å². The highest BCUT2D eigenvalue weighted by atomic mass is 16.3. The molecule has 0 fully saturated rings. The van der Waals surface area contributed by atoms with Crippen LogP contribution in [0.1, 0.15) is 0 Å². The lowest BCUT2D eigenvalue weighted by atomic mass is 9.93. The zero-order chi connectivity index (χ0) is 35.6. The molecular weight excluding hydrogens is 657 g/mol. The Morgan fingerprint density at radius 1 is 0.389 bits per heavy atom. The fourth-order valence-corrected chi connectivity index (χ4v) is 8.13. The van der Waals surface area contributed by atoms with Gasteiger partial charge in [0.1, 0.15) is 17.0 Å². The molecule has 0 amide bonds. The molecule has 2 heterocycles. The number of fused-ring (bicyclic) bond motifs is 7. The van der Waals surface area contributed by atoms with Gasteiger partial charge in [-0.3, -0.25) is 4.57 Å². The molecule has 2 aromatic heterocycles. The third-order valence-corrected chi connectivity index (χ3v) is 10.8.